The number of thiol groups is 2. The van der Waals surface area contributed by atoms with Crippen molar-refractivity contribution in [2.45, 2.75) is 129 Å². The van der Waals surface area contributed by atoms with Crippen LogP contribution in [-0.2, 0) is 44.3 Å². The topological polar surface area (TPSA) is 170 Å². The molecule has 15 heteroatoms. The molecule has 0 aromatic carbocycles. The maximum absolute atomic E-state index is 11.0. The van der Waals surface area contributed by atoms with E-state index in [1.54, 1.807) is 13.8 Å². The fourth-order valence-electron chi connectivity index (χ4n) is 3.68. The molecule has 0 spiro atoms. The van der Waals surface area contributed by atoms with Crippen molar-refractivity contribution in [2.24, 2.45) is 11.8 Å². The number of carbonyl (C=O) groups excluding carboxylic acids is 4. The Morgan fingerprint density at radius 3 is 1.20 bits per heavy atom. The van der Waals surface area contributed by atoms with E-state index in [4.69, 9.17) is 25.1 Å². The number of carboxylic acids is 2. The summed E-state index contributed by atoms with van der Waals surface area (Å²) in [4.78, 5) is 42.6. The van der Waals surface area contributed by atoms with Crippen LogP contribution in [0.2, 0.25) is 0 Å². The molecule has 12 nitrogen and oxygen atoms in total. The van der Waals surface area contributed by atoms with Gasteiger partial charge in [-0.2, -0.15) is 25.3 Å². The Morgan fingerprint density at radius 1 is 0.551 bits per heavy atom. The molecule has 0 saturated carbocycles. The fourth-order valence-corrected chi connectivity index (χ4v) is 5.23. The summed E-state index contributed by atoms with van der Waals surface area (Å²) >= 11 is 6.50. The van der Waals surface area contributed by atoms with E-state index in [0.717, 1.165) is 37.5 Å². The Balaban J connectivity index is -0.000000696. The first-order chi connectivity index (χ1) is 23.3. The summed E-state index contributed by atoms with van der Waals surface area (Å²) in [6.45, 7) is 15.5. The van der Waals surface area contributed by atoms with Gasteiger partial charge in [0.1, 0.15) is 0 Å². The second-order valence-electron chi connectivity index (χ2n) is 11.8. The number of esters is 2. The molecule has 0 aromatic heterocycles. The van der Waals surface area contributed by atoms with E-state index in [9.17, 15) is 29.4 Å². The van der Waals surface area contributed by atoms with Crippen molar-refractivity contribution in [1.82, 2.24) is 0 Å². The third-order valence-corrected chi connectivity index (χ3v) is 9.13. The molecule has 0 aliphatic rings. The van der Waals surface area contributed by atoms with Crippen LogP contribution in [0.25, 0.3) is 0 Å². The predicted molar refractivity (Wildman–Crippen MR) is 193 cm³/mol. The van der Waals surface area contributed by atoms with E-state index >= 15 is 0 Å². The van der Waals surface area contributed by atoms with E-state index in [1.807, 2.05) is 0 Å². The first kappa shape index (κ1) is 52.6. The van der Waals surface area contributed by atoms with Crippen LogP contribution < -0.4 is 10.2 Å². The van der Waals surface area contributed by atoms with Crippen molar-refractivity contribution in [3.63, 3.8) is 0 Å². The van der Waals surface area contributed by atoms with Gasteiger partial charge in [-0.05, 0) is 24.7 Å². The fraction of sp³-hybridized carbons (Fsp3) is 0.882. The molecule has 288 valence electrons. The van der Waals surface area contributed by atoms with Crippen molar-refractivity contribution in [2.75, 3.05) is 52.9 Å². The molecule has 49 heavy (non-hydrogen) atoms. The first-order valence-corrected chi connectivity index (χ1v) is 20.9. The summed E-state index contributed by atoms with van der Waals surface area (Å²) in [5, 5.41) is 19.4. The number of carboxylic acid groups (broad SMARTS) is 2. The molecule has 2 atom stereocenters. The summed E-state index contributed by atoms with van der Waals surface area (Å²) < 4.78 is 30.7. The number of rotatable bonds is 30. The molecule has 0 aromatic rings. The molecule has 2 unspecified atom stereocenters. The van der Waals surface area contributed by atoms with Crippen LogP contribution in [0.3, 0.4) is 0 Å². The Bertz CT molecular complexity index is 728. The van der Waals surface area contributed by atoms with Crippen LogP contribution >= 0.6 is 25.3 Å². The van der Waals surface area contributed by atoms with Gasteiger partial charge < -0.3 is 19.8 Å². The summed E-state index contributed by atoms with van der Waals surface area (Å²) in [7, 11) is 0. The summed E-state index contributed by atoms with van der Waals surface area (Å²) in [5.41, 5.74) is 0. The van der Waals surface area contributed by atoms with Crippen molar-refractivity contribution >= 4 is 71.1 Å². The zero-order chi connectivity index (χ0) is 37.7. The van der Waals surface area contributed by atoms with Gasteiger partial charge in [-0.1, -0.05) is 79.1 Å². The van der Waals surface area contributed by atoms with Gasteiger partial charge in [-0.3, -0.25) is 0 Å². The molecule has 0 rings (SSSR count). The van der Waals surface area contributed by atoms with Gasteiger partial charge in [-0.25, -0.2) is 0 Å². The standard InChI is InChI=1S/2C10H20O2S.2C7H13O4.Sn/c2*1-8(2)6-4-3-5-7-9(13)10(11)12;2*1-2-11-7(9)3-5-10-6-4-8;/h2*8-9,13H,3-7H2,1-2H3,(H,11,12);2*2-6H2,1H3;/q;;2*-1;+4/p-2. The molecule has 0 aliphatic carbocycles. The molecule has 0 bridgehead atoms. The van der Waals surface area contributed by atoms with E-state index < -0.39 is 44.4 Å². The van der Waals surface area contributed by atoms with E-state index in [0.29, 0.717) is 65.7 Å². The Hall–Kier alpha value is -0.781. The number of carbonyl (C=O) groups is 4. The quantitative estimate of drug-likeness (QED) is 0.0466. The van der Waals surface area contributed by atoms with Crippen molar-refractivity contribution < 1.29 is 54.5 Å². The Labute approximate surface area is 317 Å². The average Bonchev–Trinajstić information content (AvgIpc) is 3.03. The summed E-state index contributed by atoms with van der Waals surface area (Å²) in [6, 6.07) is 0. The molecular formula is C34H64O12S2Sn. The molecule has 0 saturated heterocycles. The summed E-state index contributed by atoms with van der Waals surface area (Å²) in [6.07, 6.45) is 10.7. The van der Waals surface area contributed by atoms with Gasteiger partial charge in [0.2, 0.25) is 0 Å². The SMILES string of the molecule is CC(C)CCCCCC(S)C(=O)[O-].CC(C)CCCCCC(S)C(=O)[O-].CCOC(=O)CCOCC[O][Sn+2][O]CCOCCC(=O)OCC. The number of aliphatic carboxylic acids is 2. The number of hydrogen-bond donors (Lipinski definition) is 2. The van der Waals surface area contributed by atoms with E-state index in [-0.39, 0.29) is 24.8 Å². The molecule has 0 radical (unpaired) electrons. The van der Waals surface area contributed by atoms with Crippen LogP contribution in [0, 0.1) is 11.8 Å². The molecular weight excluding hydrogens is 783 g/mol. The number of hydrogen-bond acceptors (Lipinski definition) is 14. The third kappa shape index (κ3) is 47.2. The van der Waals surface area contributed by atoms with Crippen LogP contribution in [-0.4, -0.2) is 109 Å². The van der Waals surface area contributed by atoms with Crippen LogP contribution in [0.4, 0.5) is 0 Å². The van der Waals surface area contributed by atoms with Crippen LogP contribution in [0.15, 0.2) is 0 Å². The van der Waals surface area contributed by atoms with Crippen molar-refractivity contribution in [3.8, 4) is 0 Å². The van der Waals surface area contributed by atoms with Crippen LogP contribution in [0.5, 0.6) is 0 Å². The van der Waals surface area contributed by atoms with E-state index in [1.165, 1.54) is 25.7 Å². The van der Waals surface area contributed by atoms with Gasteiger partial charge >= 0.3 is 148 Å². The summed E-state index contributed by atoms with van der Waals surface area (Å²) in [5.74, 6) is -1.12. The van der Waals surface area contributed by atoms with Gasteiger partial charge in [0.15, 0.2) is 0 Å². The Morgan fingerprint density at radius 2 is 0.898 bits per heavy atom. The van der Waals surface area contributed by atoms with Crippen molar-refractivity contribution in [3.05, 3.63) is 0 Å². The van der Waals surface area contributed by atoms with Gasteiger partial charge in [-0.15, -0.1) is 0 Å². The van der Waals surface area contributed by atoms with Crippen molar-refractivity contribution in [1.29, 1.82) is 0 Å². The first-order valence-electron chi connectivity index (χ1n) is 17.5. The normalized spacial score (nSPS) is 11.8. The molecule has 0 aliphatic heterocycles. The maximum atomic E-state index is 11.0. The van der Waals surface area contributed by atoms with Gasteiger partial charge in [0.05, 0.1) is 11.9 Å². The van der Waals surface area contributed by atoms with Gasteiger partial charge in [0, 0.05) is 10.5 Å². The Kier molecular flexibility index (Phi) is 42.9. The monoisotopic (exact) mass is 848 g/mol. The second kappa shape index (κ2) is 40.0. The molecule has 0 fully saturated rings. The van der Waals surface area contributed by atoms with E-state index in [2.05, 4.69) is 53.0 Å². The van der Waals surface area contributed by atoms with Crippen LogP contribution in [0.1, 0.15) is 119 Å². The minimum atomic E-state index is -1.31. The average molecular weight is 848 g/mol. The molecule has 0 heterocycles. The zero-order valence-electron chi connectivity index (χ0n) is 30.7. The second-order valence-corrected chi connectivity index (χ2v) is 15.2. The third-order valence-electron chi connectivity index (χ3n) is 6.35. The zero-order valence-corrected chi connectivity index (χ0v) is 35.4. The number of ether oxygens (including phenoxy) is 4. The molecule has 0 N–H and O–H groups in total. The number of unbranched alkanes of at least 4 members (excludes halogenated alkanes) is 4. The minimum absolute atomic E-state index is 0.254. The molecule has 0 amide bonds. The predicted octanol–water partition coefficient (Wildman–Crippen LogP) is 3.78. The van der Waals surface area contributed by atoms with Gasteiger partial charge in [0.25, 0.3) is 0 Å².